The molecule has 2 unspecified atom stereocenters. The molecule has 1 heteroatoms. The van der Waals surface area contributed by atoms with Crippen molar-refractivity contribution in [3.63, 3.8) is 0 Å². The Morgan fingerprint density at radius 2 is 1.55 bits per heavy atom. The molecule has 0 radical (unpaired) electrons. The molecule has 0 aliphatic heterocycles. The summed E-state index contributed by atoms with van der Waals surface area (Å²) in [5.41, 5.74) is 0.359. The summed E-state index contributed by atoms with van der Waals surface area (Å²) in [5.74, 6) is 0.542. The van der Waals surface area contributed by atoms with Crippen molar-refractivity contribution in [1.29, 1.82) is 0 Å². The maximum atomic E-state index is 10.5. The van der Waals surface area contributed by atoms with Crippen molar-refractivity contribution >= 4 is 0 Å². The first-order valence-corrected chi connectivity index (χ1v) is 9.26. The molecular weight excluding hydrogens is 244 g/mol. The Morgan fingerprint density at radius 1 is 0.950 bits per heavy atom. The third kappa shape index (κ3) is 6.61. The van der Waals surface area contributed by atoms with E-state index in [1.807, 2.05) is 0 Å². The minimum absolute atomic E-state index is 0.0506. The molecular formula is C19H38O. The lowest BCUT2D eigenvalue weighted by Crippen LogP contribution is -2.36. The molecule has 0 heterocycles. The minimum atomic E-state index is -0.0506. The van der Waals surface area contributed by atoms with Crippen LogP contribution in [0, 0.1) is 11.3 Å². The lowest BCUT2D eigenvalue weighted by molar-refractivity contribution is -0.000502. The number of hydrogen-bond donors (Lipinski definition) is 1. The van der Waals surface area contributed by atoms with Gasteiger partial charge in [-0.15, -0.1) is 0 Å². The van der Waals surface area contributed by atoms with Gasteiger partial charge in [-0.1, -0.05) is 85.0 Å². The number of hydrogen-bond acceptors (Lipinski definition) is 1. The van der Waals surface area contributed by atoms with E-state index in [0.29, 0.717) is 11.3 Å². The molecule has 1 aliphatic carbocycles. The highest BCUT2D eigenvalue weighted by atomic mass is 16.3. The third-order valence-corrected chi connectivity index (χ3v) is 5.41. The lowest BCUT2D eigenvalue weighted by Gasteiger charge is -2.41. The summed E-state index contributed by atoms with van der Waals surface area (Å²) < 4.78 is 0. The van der Waals surface area contributed by atoms with Crippen molar-refractivity contribution in [3.8, 4) is 0 Å². The largest absolute Gasteiger partial charge is 0.393 e. The summed E-state index contributed by atoms with van der Waals surface area (Å²) in [6, 6.07) is 0. The van der Waals surface area contributed by atoms with Crippen LogP contribution in [0.1, 0.15) is 104 Å². The van der Waals surface area contributed by atoms with Gasteiger partial charge in [-0.25, -0.2) is 0 Å². The van der Waals surface area contributed by atoms with E-state index in [2.05, 4.69) is 20.8 Å². The van der Waals surface area contributed by atoms with Gasteiger partial charge in [-0.2, -0.15) is 0 Å². The van der Waals surface area contributed by atoms with Crippen molar-refractivity contribution in [1.82, 2.24) is 0 Å². The Kier molecular flexibility index (Phi) is 8.84. The van der Waals surface area contributed by atoms with Crippen molar-refractivity contribution in [2.24, 2.45) is 11.3 Å². The highest BCUT2D eigenvalue weighted by molar-refractivity contribution is 4.86. The standard InChI is InChI=1S/C19H38O/c1-4-5-6-7-8-9-10-11-15-18(20)17-14-12-13-16-19(17,2)3/h17-18,20H,4-16H2,1-3H3. The zero-order valence-corrected chi connectivity index (χ0v) is 14.3. The molecule has 0 aromatic rings. The molecule has 0 spiro atoms. The molecule has 1 nitrogen and oxygen atoms in total. The normalized spacial score (nSPS) is 23.7. The van der Waals surface area contributed by atoms with Gasteiger partial charge in [0.15, 0.2) is 0 Å². The van der Waals surface area contributed by atoms with E-state index < -0.39 is 0 Å². The van der Waals surface area contributed by atoms with Gasteiger partial charge in [0.1, 0.15) is 0 Å². The van der Waals surface area contributed by atoms with E-state index in [-0.39, 0.29) is 6.10 Å². The molecule has 1 saturated carbocycles. The zero-order chi connectivity index (χ0) is 14.8. The number of aliphatic hydroxyl groups is 1. The maximum absolute atomic E-state index is 10.5. The molecule has 0 saturated heterocycles. The van der Waals surface area contributed by atoms with Crippen LogP contribution >= 0.6 is 0 Å². The first kappa shape index (κ1) is 18.0. The lowest BCUT2D eigenvalue weighted by atomic mass is 9.66. The van der Waals surface area contributed by atoms with Crippen LogP contribution in [-0.2, 0) is 0 Å². The first-order chi connectivity index (χ1) is 9.58. The van der Waals surface area contributed by atoms with Gasteiger partial charge >= 0.3 is 0 Å². The van der Waals surface area contributed by atoms with Crippen LogP contribution in [0.25, 0.3) is 0 Å². The van der Waals surface area contributed by atoms with Gasteiger partial charge in [0.25, 0.3) is 0 Å². The van der Waals surface area contributed by atoms with Gasteiger partial charge in [0.05, 0.1) is 6.10 Å². The topological polar surface area (TPSA) is 20.2 Å². The summed E-state index contributed by atoms with van der Waals surface area (Å²) in [4.78, 5) is 0. The second-order valence-electron chi connectivity index (χ2n) is 7.67. The summed E-state index contributed by atoms with van der Waals surface area (Å²) in [6.45, 7) is 6.98. The van der Waals surface area contributed by atoms with Crippen LogP contribution < -0.4 is 0 Å². The molecule has 0 amide bonds. The molecule has 1 aliphatic rings. The van der Waals surface area contributed by atoms with Crippen LogP contribution in [-0.4, -0.2) is 11.2 Å². The molecule has 1 rings (SSSR count). The van der Waals surface area contributed by atoms with Crippen LogP contribution in [0.15, 0.2) is 0 Å². The summed E-state index contributed by atoms with van der Waals surface area (Å²) >= 11 is 0. The number of unbranched alkanes of at least 4 members (excludes halogenated alkanes) is 7. The Morgan fingerprint density at radius 3 is 2.15 bits per heavy atom. The minimum Gasteiger partial charge on any atom is -0.393 e. The highest BCUT2D eigenvalue weighted by Crippen LogP contribution is 2.43. The fraction of sp³-hybridized carbons (Fsp3) is 1.00. The van der Waals surface area contributed by atoms with Gasteiger partial charge in [0.2, 0.25) is 0 Å². The second kappa shape index (κ2) is 9.82. The van der Waals surface area contributed by atoms with E-state index in [4.69, 9.17) is 0 Å². The Bertz CT molecular complexity index is 234. The van der Waals surface area contributed by atoms with E-state index in [1.165, 1.54) is 77.0 Å². The smallest absolute Gasteiger partial charge is 0.0573 e. The van der Waals surface area contributed by atoms with Crippen LogP contribution in [0.5, 0.6) is 0 Å². The Labute approximate surface area is 127 Å². The molecule has 1 N–H and O–H groups in total. The molecule has 20 heavy (non-hydrogen) atoms. The van der Waals surface area contributed by atoms with Gasteiger partial charge in [-0.3, -0.25) is 0 Å². The monoisotopic (exact) mass is 282 g/mol. The fourth-order valence-corrected chi connectivity index (χ4v) is 3.92. The molecule has 0 aromatic carbocycles. The van der Waals surface area contributed by atoms with Gasteiger partial charge < -0.3 is 5.11 Å². The first-order valence-electron chi connectivity index (χ1n) is 9.26. The number of aliphatic hydroxyl groups excluding tert-OH is 1. The Hall–Kier alpha value is -0.0400. The van der Waals surface area contributed by atoms with Crippen molar-refractivity contribution in [3.05, 3.63) is 0 Å². The highest BCUT2D eigenvalue weighted by Gasteiger charge is 2.36. The van der Waals surface area contributed by atoms with E-state index in [9.17, 15) is 5.11 Å². The maximum Gasteiger partial charge on any atom is 0.0573 e. The Balaban J connectivity index is 2.06. The van der Waals surface area contributed by atoms with Crippen LogP contribution in [0.3, 0.4) is 0 Å². The van der Waals surface area contributed by atoms with E-state index in [1.54, 1.807) is 0 Å². The molecule has 2 atom stereocenters. The third-order valence-electron chi connectivity index (χ3n) is 5.41. The van der Waals surface area contributed by atoms with Crippen molar-refractivity contribution in [2.45, 2.75) is 110 Å². The predicted octanol–water partition coefficient (Wildman–Crippen LogP) is 6.09. The number of rotatable bonds is 10. The van der Waals surface area contributed by atoms with E-state index >= 15 is 0 Å². The summed E-state index contributed by atoms with van der Waals surface area (Å²) in [7, 11) is 0. The van der Waals surface area contributed by atoms with Gasteiger partial charge in [-0.05, 0) is 30.6 Å². The average molecular weight is 283 g/mol. The summed E-state index contributed by atoms with van der Waals surface area (Å²) in [6.07, 6.45) is 17.1. The van der Waals surface area contributed by atoms with Gasteiger partial charge in [0, 0.05) is 0 Å². The van der Waals surface area contributed by atoms with E-state index in [0.717, 1.165) is 6.42 Å². The molecule has 120 valence electrons. The van der Waals surface area contributed by atoms with Crippen LogP contribution in [0.4, 0.5) is 0 Å². The summed E-state index contributed by atoms with van der Waals surface area (Å²) in [5, 5.41) is 10.5. The second-order valence-corrected chi connectivity index (χ2v) is 7.67. The van der Waals surface area contributed by atoms with Crippen LogP contribution in [0.2, 0.25) is 0 Å². The zero-order valence-electron chi connectivity index (χ0n) is 14.3. The quantitative estimate of drug-likeness (QED) is 0.480. The molecule has 1 fully saturated rings. The molecule has 0 aromatic heterocycles. The average Bonchev–Trinajstić information content (AvgIpc) is 2.41. The molecule has 0 bridgehead atoms. The van der Waals surface area contributed by atoms with Crippen molar-refractivity contribution in [2.75, 3.05) is 0 Å². The predicted molar refractivity (Wildman–Crippen MR) is 89.0 cm³/mol. The fourth-order valence-electron chi connectivity index (χ4n) is 3.92. The SMILES string of the molecule is CCCCCCCCCCC(O)C1CCCCC1(C)C. The van der Waals surface area contributed by atoms with Crippen molar-refractivity contribution < 1.29 is 5.11 Å².